The van der Waals surface area contributed by atoms with Gasteiger partial charge in [0, 0.05) is 25.7 Å². The first kappa shape index (κ1) is 89.1. The molecule has 0 heterocycles. The number of carbonyl (C=O) groups is 4. The van der Waals surface area contributed by atoms with Crippen molar-refractivity contribution in [1.29, 1.82) is 0 Å². The van der Waals surface area contributed by atoms with Crippen LogP contribution < -0.4 is 0 Å². The van der Waals surface area contributed by atoms with Crippen molar-refractivity contribution < 1.29 is 80.2 Å². The van der Waals surface area contributed by atoms with Gasteiger partial charge in [0.2, 0.25) is 0 Å². The number of phosphoric ester groups is 2. The van der Waals surface area contributed by atoms with Crippen molar-refractivity contribution in [3.63, 3.8) is 0 Å². The number of hydrogen-bond donors (Lipinski definition) is 3. The second-order valence-electron chi connectivity index (χ2n) is 26.7. The number of esters is 4. The summed E-state index contributed by atoms with van der Waals surface area (Å²) in [6.07, 6.45) is 49.9. The Labute approximate surface area is 556 Å². The monoisotopic (exact) mass is 1340 g/mol. The number of hydrogen-bond acceptors (Lipinski definition) is 15. The SMILES string of the molecule is CCCCCCCCCCCCCCCCCCC(=O)O[C@H](COC(=O)CCCCCCCCCCCCCC(C)C)COP(=O)(O)OC[C@@H](O)COP(=O)(O)OC[C@@H](COC(=O)CCCCCCCCC(C)CC)OC(=O)CCCCCCCCCCCCC. The molecule has 6 atom stereocenters. The molecule has 0 aromatic carbocycles. The van der Waals surface area contributed by atoms with Crippen LogP contribution in [0.2, 0.25) is 0 Å². The first-order chi connectivity index (χ1) is 43.9. The Kier molecular flexibility index (Phi) is 62.7. The van der Waals surface area contributed by atoms with E-state index in [2.05, 4.69) is 41.5 Å². The summed E-state index contributed by atoms with van der Waals surface area (Å²) in [5, 5.41) is 10.6. The van der Waals surface area contributed by atoms with Crippen LogP contribution in [0.3, 0.4) is 0 Å². The van der Waals surface area contributed by atoms with Crippen LogP contribution in [0.1, 0.15) is 369 Å². The van der Waals surface area contributed by atoms with Gasteiger partial charge in [-0.3, -0.25) is 37.3 Å². The maximum absolute atomic E-state index is 13.0. The summed E-state index contributed by atoms with van der Waals surface area (Å²) in [5.41, 5.74) is 0. The Balaban J connectivity index is 5.25. The first-order valence-electron chi connectivity index (χ1n) is 37.5. The van der Waals surface area contributed by atoms with Crippen LogP contribution in [0.4, 0.5) is 0 Å². The number of aliphatic hydroxyl groups is 1. The average Bonchev–Trinajstić information content (AvgIpc) is 2.33. The van der Waals surface area contributed by atoms with Crippen molar-refractivity contribution in [2.45, 2.75) is 387 Å². The number of aliphatic hydroxyl groups excluding tert-OH is 1. The quantitative estimate of drug-likeness (QED) is 0.0222. The van der Waals surface area contributed by atoms with E-state index in [-0.39, 0.29) is 25.7 Å². The van der Waals surface area contributed by atoms with Gasteiger partial charge >= 0.3 is 39.5 Å². The van der Waals surface area contributed by atoms with E-state index in [9.17, 15) is 43.2 Å². The third kappa shape index (κ3) is 65.1. The smallest absolute Gasteiger partial charge is 0.462 e. The van der Waals surface area contributed by atoms with Crippen LogP contribution in [0.15, 0.2) is 0 Å². The first-order valence-corrected chi connectivity index (χ1v) is 40.5. The minimum absolute atomic E-state index is 0.106. The van der Waals surface area contributed by atoms with E-state index < -0.39 is 97.5 Å². The standard InChI is InChI=1S/C72H140O17P2/c1-7-10-12-14-16-18-20-21-22-23-24-28-33-37-45-51-57-72(77)88-67(60-82-69(74)54-48-42-35-31-29-25-27-30-34-40-46-52-64(4)5)62-86-90(78,79)84-58-66(73)59-85-91(80,81)87-63-68(61-83-70(75)55-49-43-39-38-41-47-53-65(6)9-3)89-71(76)56-50-44-36-32-26-19-17-15-13-11-8-2/h64-68,73H,7-63H2,1-6H3,(H,78,79)(H,80,81)/t65?,66-,67-,68-/m1/s1. The maximum Gasteiger partial charge on any atom is 0.472 e. The average molecular weight is 1340 g/mol. The maximum atomic E-state index is 13.0. The highest BCUT2D eigenvalue weighted by Crippen LogP contribution is 2.45. The lowest BCUT2D eigenvalue weighted by Gasteiger charge is -2.21. The largest absolute Gasteiger partial charge is 0.472 e. The van der Waals surface area contributed by atoms with E-state index in [1.54, 1.807) is 0 Å². The van der Waals surface area contributed by atoms with E-state index in [0.717, 1.165) is 108 Å². The molecule has 0 spiro atoms. The Morgan fingerprint density at radius 2 is 0.560 bits per heavy atom. The van der Waals surface area contributed by atoms with Gasteiger partial charge < -0.3 is 33.8 Å². The molecule has 91 heavy (non-hydrogen) atoms. The Hall–Kier alpha value is -1.94. The molecule has 3 N–H and O–H groups in total. The second-order valence-corrected chi connectivity index (χ2v) is 29.6. The highest BCUT2D eigenvalue weighted by atomic mass is 31.2. The van der Waals surface area contributed by atoms with Crippen molar-refractivity contribution in [3.05, 3.63) is 0 Å². The third-order valence-corrected chi connectivity index (χ3v) is 19.0. The van der Waals surface area contributed by atoms with E-state index in [0.29, 0.717) is 25.7 Å². The predicted octanol–water partition coefficient (Wildman–Crippen LogP) is 20.8. The summed E-state index contributed by atoms with van der Waals surface area (Å²) >= 11 is 0. The molecule has 0 amide bonds. The molecule has 17 nitrogen and oxygen atoms in total. The Morgan fingerprint density at radius 3 is 0.835 bits per heavy atom. The lowest BCUT2D eigenvalue weighted by molar-refractivity contribution is -0.161. The van der Waals surface area contributed by atoms with Crippen LogP contribution in [-0.4, -0.2) is 96.7 Å². The summed E-state index contributed by atoms with van der Waals surface area (Å²) in [7, 11) is -9.90. The van der Waals surface area contributed by atoms with Crippen LogP contribution in [0.5, 0.6) is 0 Å². The normalized spacial score (nSPS) is 14.4. The number of carbonyl (C=O) groups excluding carboxylic acids is 4. The van der Waals surface area contributed by atoms with E-state index in [4.69, 9.17) is 37.0 Å². The molecule has 0 saturated heterocycles. The Bertz CT molecular complexity index is 1770. The van der Waals surface area contributed by atoms with Crippen molar-refractivity contribution in [1.82, 2.24) is 0 Å². The van der Waals surface area contributed by atoms with Gasteiger partial charge in [-0.25, -0.2) is 9.13 Å². The number of unbranched alkanes of at least 4 members (excludes halogenated alkanes) is 40. The van der Waals surface area contributed by atoms with Gasteiger partial charge in [-0.2, -0.15) is 0 Å². The van der Waals surface area contributed by atoms with Gasteiger partial charge in [0.15, 0.2) is 12.2 Å². The van der Waals surface area contributed by atoms with Gasteiger partial charge in [-0.05, 0) is 37.5 Å². The fourth-order valence-electron chi connectivity index (χ4n) is 10.9. The molecule has 0 aliphatic carbocycles. The molecule has 0 radical (unpaired) electrons. The van der Waals surface area contributed by atoms with Crippen LogP contribution in [0, 0.1) is 11.8 Å². The van der Waals surface area contributed by atoms with Crippen molar-refractivity contribution in [2.75, 3.05) is 39.6 Å². The summed E-state index contributed by atoms with van der Waals surface area (Å²) in [6.45, 7) is 9.53. The van der Waals surface area contributed by atoms with E-state index >= 15 is 0 Å². The van der Waals surface area contributed by atoms with Crippen LogP contribution in [-0.2, 0) is 65.4 Å². The van der Waals surface area contributed by atoms with Gasteiger partial charge in [0.05, 0.1) is 26.4 Å². The molecule has 540 valence electrons. The zero-order valence-electron chi connectivity index (χ0n) is 59.1. The zero-order valence-corrected chi connectivity index (χ0v) is 60.9. The summed E-state index contributed by atoms with van der Waals surface area (Å²) in [4.78, 5) is 72.6. The number of ether oxygens (including phenoxy) is 4. The van der Waals surface area contributed by atoms with Crippen molar-refractivity contribution >= 4 is 39.5 Å². The Morgan fingerprint density at radius 1 is 0.319 bits per heavy atom. The molecule has 0 rings (SSSR count). The van der Waals surface area contributed by atoms with Gasteiger partial charge in [-0.1, -0.05) is 318 Å². The molecule has 0 aromatic rings. The van der Waals surface area contributed by atoms with Crippen molar-refractivity contribution in [2.24, 2.45) is 11.8 Å². The predicted molar refractivity (Wildman–Crippen MR) is 368 cm³/mol. The molecule has 0 saturated carbocycles. The lowest BCUT2D eigenvalue weighted by atomic mass is 10.00. The molecule has 0 aliphatic rings. The van der Waals surface area contributed by atoms with E-state index in [1.165, 1.54) is 180 Å². The summed E-state index contributed by atoms with van der Waals surface area (Å²) in [5.74, 6) is -0.618. The fourth-order valence-corrected chi connectivity index (χ4v) is 12.5. The van der Waals surface area contributed by atoms with Gasteiger partial charge in [0.25, 0.3) is 0 Å². The van der Waals surface area contributed by atoms with Crippen LogP contribution >= 0.6 is 15.6 Å². The fraction of sp³-hybridized carbons (Fsp3) is 0.944. The lowest BCUT2D eigenvalue weighted by Crippen LogP contribution is -2.30. The van der Waals surface area contributed by atoms with Gasteiger partial charge in [-0.15, -0.1) is 0 Å². The summed E-state index contributed by atoms with van der Waals surface area (Å²) < 4.78 is 68.4. The molecule has 0 aliphatic heterocycles. The highest BCUT2D eigenvalue weighted by molar-refractivity contribution is 7.47. The number of phosphoric acid groups is 2. The van der Waals surface area contributed by atoms with E-state index in [1.807, 2.05) is 0 Å². The molecular weight excluding hydrogens is 1200 g/mol. The molecular formula is C72H140O17P2. The zero-order chi connectivity index (χ0) is 67.2. The number of rotatable bonds is 71. The highest BCUT2D eigenvalue weighted by Gasteiger charge is 2.30. The molecule has 0 aromatic heterocycles. The summed E-state index contributed by atoms with van der Waals surface area (Å²) in [6, 6.07) is 0. The third-order valence-electron chi connectivity index (χ3n) is 17.1. The molecule has 0 fully saturated rings. The second kappa shape index (κ2) is 64.1. The van der Waals surface area contributed by atoms with Crippen molar-refractivity contribution in [3.8, 4) is 0 Å². The minimum atomic E-state index is -4.95. The molecule has 0 bridgehead atoms. The van der Waals surface area contributed by atoms with Crippen LogP contribution in [0.25, 0.3) is 0 Å². The van der Waals surface area contributed by atoms with Gasteiger partial charge in [0.1, 0.15) is 19.3 Å². The minimum Gasteiger partial charge on any atom is -0.462 e. The molecule has 19 heteroatoms. The topological polar surface area (TPSA) is 237 Å². The molecule has 3 unspecified atom stereocenters.